The number of rotatable bonds is 8. The molecule has 2 aromatic rings. The molecule has 1 N–H and O–H groups in total. The zero-order valence-electron chi connectivity index (χ0n) is 20.1. The van der Waals surface area contributed by atoms with Crippen LogP contribution in [-0.4, -0.2) is 69.2 Å². The summed E-state index contributed by atoms with van der Waals surface area (Å²) in [6.07, 6.45) is 5.72. The van der Waals surface area contributed by atoms with E-state index in [1.165, 1.54) is 17.6 Å². The molecule has 4 rings (SSSR count). The molecule has 36 heavy (non-hydrogen) atoms. The highest BCUT2D eigenvalue weighted by atomic mass is 32.2. The number of thiocarbonyl (C=S) groups is 1. The van der Waals surface area contributed by atoms with Gasteiger partial charge in [0.1, 0.15) is 21.8 Å². The number of nitrogens with one attached hydrogen (secondary N) is 1. The van der Waals surface area contributed by atoms with Gasteiger partial charge < -0.3 is 15.0 Å². The molecule has 0 saturated carbocycles. The Balaban J connectivity index is 1.82. The number of hydrogen-bond donors (Lipinski definition) is 1. The molecule has 0 aliphatic carbocycles. The number of methoxy groups -OCH3 is 1. The predicted molar refractivity (Wildman–Crippen MR) is 142 cm³/mol. The van der Waals surface area contributed by atoms with Crippen LogP contribution in [0.2, 0.25) is 0 Å². The fourth-order valence-corrected chi connectivity index (χ4v) is 5.48. The molecule has 12 heteroatoms. The molecule has 1 atom stereocenters. The molecule has 2 saturated heterocycles. The first-order valence-electron chi connectivity index (χ1n) is 11.7. The van der Waals surface area contributed by atoms with Gasteiger partial charge in [0.25, 0.3) is 11.5 Å². The quantitative estimate of drug-likeness (QED) is 0.237. The van der Waals surface area contributed by atoms with Crippen molar-refractivity contribution in [2.75, 3.05) is 31.6 Å². The molecule has 2 fully saturated rings. The van der Waals surface area contributed by atoms with Crippen molar-refractivity contribution in [1.29, 1.82) is 0 Å². The number of carbonyl (C=O) groups is 3. The summed E-state index contributed by atoms with van der Waals surface area (Å²) < 4.78 is 6.61. The Labute approximate surface area is 217 Å². The normalized spacial score (nSPS) is 19.3. The van der Waals surface area contributed by atoms with Gasteiger partial charge in [0.15, 0.2) is 0 Å². The molecule has 0 aromatic carbocycles. The lowest BCUT2D eigenvalue weighted by molar-refractivity contribution is -0.143. The zero-order valence-corrected chi connectivity index (χ0v) is 21.7. The second-order valence-corrected chi connectivity index (χ2v) is 10.1. The number of nitrogens with zero attached hydrogens (tertiary/aromatic N) is 4. The molecule has 10 nitrogen and oxygen atoms in total. The van der Waals surface area contributed by atoms with Gasteiger partial charge in [-0.15, -0.1) is 0 Å². The SMILES string of the molecule is CCCCCN1C(=O)/C(=C/c2c(N3CCNC(=O)[C@H]3CC(=O)OC)nc3ccccn3c2=O)SC1=S. The molecule has 2 aliphatic rings. The maximum atomic E-state index is 13.6. The highest BCUT2D eigenvalue weighted by molar-refractivity contribution is 8.26. The maximum absolute atomic E-state index is 13.6. The second-order valence-electron chi connectivity index (χ2n) is 8.40. The van der Waals surface area contributed by atoms with Crippen LogP contribution in [0.3, 0.4) is 0 Å². The van der Waals surface area contributed by atoms with E-state index in [-0.39, 0.29) is 29.6 Å². The third-order valence-electron chi connectivity index (χ3n) is 6.07. The number of carbonyl (C=O) groups excluding carboxylic acids is 3. The van der Waals surface area contributed by atoms with Crippen LogP contribution in [0.4, 0.5) is 5.82 Å². The Morgan fingerprint density at radius 1 is 1.31 bits per heavy atom. The third-order valence-corrected chi connectivity index (χ3v) is 7.45. The number of hydrogen-bond acceptors (Lipinski definition) is 9. The van der Waals surface area contributed by atoms with E-state index in [0.29, 0.717) is 34.5 Å². The van der Waals surface area contributed by atoms with Crippen LogP contribution < -0.4 is 15.8 Å². The number of thioether (sulfide) groups is 1. The Kier molecular flexibility index (Phi) is 8.04. The molecule has 2 aromatic heterocycles. The molecule has 2 amide bonds. The third kappa shape index (κ3) is 5.14. The monoisotopic (exact) mass is 529 g/mol. The highest BCUT2D eigenvalue weighted by Crippen LogP contribution is 2.34. The first-order valence-corrected chi connectivity index (χ1v) is 13.0. The van der Waals surface area contributed by atoms with Crippen molar-refractivity contribution in [2.24, 2.45) is 0 Å². The summed E-state index contributed by atoms with van der Waals surface area (Å²) >= 11 is 6.58. The van der Waals surface area contributed by atoms with Gasteiger partial charge in [-0.2, -0.15) is 0 Å². The Morgan fingerprint density at radius 2 is 2.11 bits per heavy atom. The van der Waals surface area contributed by atoms with Crippen LogP contribution >= 0.6 is 24.0 Å². The number of piperazine rings is 1. The van der Waals surface area contributed by atoms with Gasteiger partial charge in [0.2, 0.25) is 5.91 Å². The fourth-order valence-electron chi connectivity index (χ4n) is 4.19. The molecule has 0 radical (unpaired) electrons. The summed E-state index contributed by atoms with van der Waals surface area (Å²) in [7, 11) is 1.25. The summed E-state index contributed by atoms with van der Waals surface area (Å²) in [6, 6.07) is 4.23. The van der Waals surface area contributed by atoms with Crippen LogP contribution in [0.25, 0.3) is 11.7 Å². The van der Waals surface area contributed by atoms with Crippen molar-refractivity contribution in [1.82, 2.24) is 19.6 Å². The van der Waals surface area contributed by atoms with E-state index >= 15 is 0 Å². The van der Waals surface area contributed by atoms with Crippen molar-refractivity contribution in [3.8, 4) is 0 Å². The Morgan fingerprint density at radius 3 is 2.86 bits per heavy atom. The van der Waals surface area contributed by atoms with Crippen molar-refractivity contribution >= 4 is 63.6 Å². The summed E-state index contributed by atoms with van der Waals surface area (Å²) in [5.41, 5.74) is 0.136. The first-order chi connectivity index (χ1) is 17.3. The Hall–Kier alpha value is -3.25. The first kappa shape index (κ1) is 25.8. The van der Waals surface area contributed by atoms with Gasteiger partial charge in [-0.3, -0.25) is 28.5 Å². The van der Waals surface area contributed by atoms with Crippen LogP contribution in [-0.2, 0) is 19.1 Å². The minimum Gasteiger partial charge on any atom is -0.469 e. The van der Waals surface area contributed by atoms with Crippen molar-refractivity contribution < 1.29 is 19.1 Å². The lowest BCUT2D eigenvalue weighted by Crippen LogP contribution is -2.57. The molecule has 0 unspecified atom stereocenters. The number of aromatic nitrogens is 2. The number of ether oxygens (including phenoxy) is 1. The van der Waals surface area contributed by atoms with Crippen LogP contribution in [0.1, 0.15) is 38.2 Å². The van der Waals surface area contributed by atoms with Crippen molar-refractivity contribution in [3.05, 3.63) is 45.2 Å². The lowest BCUT2D eigenvalue weighted by Gasteiger charge is -2.36. The summed E-state index contributed by atoms with van der Waals surface area (Å²) in [6.45, 7) is 3.23. The van der Waals surface area contributed by atoms with E-state index in [2.05, 4.69) is 17.2 Å². The van der Waals surface area contributed by atoms with E-state index in [1.54, 1.807) is 34.2 Å². The van der Waals surface area contributed by atoms with E-state index in [9.17, 15) is 19.2 Å². The minimum absolute atomic E-state index is 0.150. The smallest absolute Gasteiger partial charge is 0.308 e. The Bertz CT molecular complexity index is 1310. The van der Waals surface area contributed by atoms with Gasteiger partial charge in [-0.05, 0) is 24.6 Å². The number of anilines is 1. The van der Waals surface area contributed by atoms with E-state index in [4.69, 9.17) is 17.0 Å². The van der Waals surface area contributed by atoms with Gasteiger partial charge in [0.05, 0.1) is 24.0 Å². The summed E-state index contributed by atoms with van der Waals surface area (Å²) in [5, 5.41) is 2.75. The molecule has 190 valence electrons. The largest absolute Gasteiger partial charge is 0.469 e. The predicted octanol–water partition coefficient (Wildman–Crippen LogP) is 1.95. The van der Waals surface area contributed by atoms with Crippen LogP contribution in [0.15, 0.2) is 34.1 Å². The molecule has 0 spiro atoms. The molecular formula is C24H27N5O5S2. The standard InChI is InChI=1S/C24H27N5O5S2/c1-3-4-6-11-29-23(33)17(36-24(29)35)13-15-20(26-18-8-5-7-10-28(18)22(15)32)27-12-9-25-21(31)16(27)14-19(30)34-2/h5,7-8,10,13,16H,3-4,6,9,11-12,14H2,1-2H3,(H,25,31)/b17-13-/t16-/m1/s1. The van der Waals surface area contributed by atoms with E-state index in [0.717, 1.165) is 31.0 Å². The number of fused-ring (bicyclic) bond motifs is 1. The maximum Gasteiger partial charge on any atom is 0.308 e. The fraction of sp³-hybridized carbons (Fsp3) is 0.417. The van der Waals surface area contributed by atoms with E-state index < -0.39 is 17.6 Å². The molecule has 4 heterocycles. The van der Waals surface area contributed by atoms with Crippen molar-refractivity contribution in [3.63, 3.8) is 0 Å². The van der Waals surface area contributed by atoms with Crippen LogP contribution in [0.5, 0.6) is 0 Å². The average Bonchev–Trinajstić information content (AvgIpc) is 3.14. The van der Waals surface area contributed by atoms with Gasteiger partial charge in [-0.25, -0.2) is 4.98 Å². The van der Waals surface area contributed by atoms with Gasteiger partial charge >= 0.3 is 5.97 Å². The zero-order chi connectivity index (χ0) is 25.8. The highest BCUT2D eigenvalue weighted by Gasteiger charge is 2.36. The number of esters is 1. The van der Waals surface area contributed by atoms with Crippen molar-refractivity contribution in [2.45, 2.75) is 38.6 Å². The number of amides is 2. The van der Waals surface area contributed by atoms with Gasteiger partial charge in [0, 0.05) is 25.8 Å². The van der Waals surface area contributed by atoms with Crippen LogP contribution in [0, 0.1) is 0 Å². The molecule has 2 aliphatic heterocycles. The summed E-state index contributed by atoms with van der Waals surface area (Å²) in [4.78, 5) is 59.8. The number of pyridine rings is 1. The average molecular weight is 530 g/mol. The van der Waals surface area contributed by atoms with Gasteiger partial charge in [-0.1, -0.05) is 49.8 Å². The topological polar surface area (TPSA) is 113 Å². The molecular weight excluding hydrogens is 502 g/mol. The molecule has 0 bridgehead atoms. The lowest BCUT2D eigenvalue weighted by atomic mass is 10.1. The minimum atomic E-state index is -0.917. The number of unbranched alkanes of at least 4 members (excludes halogenated alkanes) is 2. The summed E-state index contributed by atoms with van der Waals surface area (Å²) in [5.74, 6) is -0.956. The second kappa shape index (κ2) is 11.2. The van der Waals surface area contributed by atoms with E-state index in [1.807, 2.05) is 0 Å².